The van der Waals surface area contributed by atoms with Gasteiger partial charge < -0.3 is 4.74 Å². The van der Waals surface area contributed by atoms with Crippen molar-refractivity contribution in [1.29, 1.82) is 0 Å². The zero-order valence-corrected chi connectivity index (χ0v) is 8.39. The third kappa shape index (κ3) is 1.32. The van der Waals surface area contributed by atoms with E-state index in [0.29, 0.717) is 0 Å². The number of Topliss-reactive ketones (excluding diaryl/α,β-unsaturated/α-hetero) is 1. The lowest BCUT2D eigenvalue weighted by atomic mass is 9.76. The number of ether oxygens (including phenoxy) is 1. The lowest BCUT2D eigenvalue weighted by molar-refractivity contribution is -0.0445. The van der Waals surface area contributed by atoms with E-state index < -0.39 is 5.60 Å². The minimum Gasteiger partial charge on any atom is -0.370 e. The Labute approximate surface area is 81.5 Å². The Morgan fingerprint density at radius 1 is 1.62 bits per heavy atom. The first-order valence-electron chi connectivity index (χ1n) is 4.42. The second-order valence-corrected chi connectivity index (χ2v) is 4.31. The number of carbonyl (C=O) groups excluding carboxylic acids is 1. The lowest BCUT2D eigenvalue weighted by Gasteiger charge is -2.38. The number of ketones is 1. The van der Waals surface area contributed by atoms with Crippen LogP contribution in [0.5, 0.6) is 0 Å². The molecule has 0 aliphatic heterocycles. The van der Waals surface area contributed by atoms with Crippen LogP contribution in [0.25, 0.3) is 0 Å². The Morgan fingerprint density at radius 3 is 2.77 bits per heavy atom. The largest absolute Gasteiger partial charge is 0.370 e. The van der Waals surface area contributed by atoms with Gasteiger partial charge in [0.1, 0.15) is 5.60 Å². The maximum Gasteiger partial charge on any atom is 0.204 e. The molecule has 0 saturated heterocycles. The molecule has 2 rings (SSSR count). The zero-order chi connectivity index (χ0) is 9.31. The molecule has 0 amide bonds. The first kappa shape index (κ1) is 8.91. The van der Waals surface area contributed by atoms with Gasteiger partial charge in [-0.05, 0) is 30.7 Å². The van der Waals surface area contributed by atoms with Crippen LogP contribution in [0.3, 0.4) is 0 Å². The summed E-state index contributed by atoms with van der Waals surface area (Å²) in [4.78, 5) is 12.7. The second-order valence-electron chi connectivity index (χ2n) is 3.36. The molecule has 1 aliphatic carbocycles. The monoisotopic (exact) mass is 196 g/mol. The van der Waals surface area contributed by atoms with Crippen LogP contribution in [0.2, 0.25) is 0 Å². The van der Waals surface area contributed by atoms with Crippen LogP contribution < -0.4 is 0 Å². The summed E-state index contributed by atoms with van der Waals surface area (Å²) >= 11 is 1.49. The maximum absolute atomic E-state index is 11.9. The van der Waals surface area contributed by atoms with E-state index in [2.05, 4.69) is 0 Å². The van der Waals surface area contributed by atoms with Gasteiger partial charge in [-0.15, -0.1) is 11.3 Å². The van der Waals surface area contributed by atoms with Crippen molar-refractivity contribution in [2.75, 3.05) is 7.11 Å². The predicted molar refractivity (Wildman–Crippen MR) is 52.2 cm³/mol. The summed E-state index contributed by atoms with van der Waals surface area (Å²) in [5.74, 6) is 0.163. The lowest BCUT2D eigenvalue weighted by Crippen LogP contribution is -2.46. The molecule has 70 valence electrons. The molecule has 0 N–H and O–H groups in total. The number of thiophene rings is 1. The van der Waals surface area contributed by atoms with E-state index in [1.165, 1.54) is 11.3 Å². The van der Waals surface area contributed by atoms with Crippen molar-refractivity contribution in [3.05, 3.63) is 22.4 Å². The van der Waals surface area contributed by atoms with Crippen molar-refractivity contribution >= 4 is 17.1 Å². The highest BCUT2D eigenvalue weighted by molar-refractivity contribution is 7.12. The first-order valence-corrected chi connectivity index (χ1v) is 5.30. The molecule has 0 spiro atoms. The minimum absolute atomic E-state index is 0.163. The summed E-state index contributed by atoms with van der Waals surface area (Å²) in [6, 6.07) is 3.77. The molecule has 1 fully saturated rings. The smallest absolute Gasteiger partial charge is 0.204 e. The van der Waals surface area contributed by atoms with Crippen molar-refractivity contribution in [2.24, 2.45) is 0 Å². The second kappa shape index (κ2) is 3.24. The van der Waals surface area contributed by atoms with E-state index >= 15 is 0 Å². The molecule has 0 aromatic carbocycles. The highest BCUT2D eigenvalue weighted by atomic mass is 32.1. The van der Waals surface area contributed by atoms with Gasteiger partial charge in [0.2, 0.25) is 5.78 Å². The highest BCUT2D eigenvalue weighted by Crippen LogP contribution is 2.38. The highest BCUT2D eigenvalue weighted by Gasteiger charge is 2.44. The fourth-order valence-electron chi connectivity index (χ4n) is 1.65. The fraction of sp³-hybridized carbons (Fsp3) is 0.500. The van der Waals surface area contributed by atoms with Gasteiger partial charge in [0.15, 0.2) is 0 Å². The Morgan fingerprint density at radius 2 is 2.38 bits per heavy atom. The third-order valence-electron chi connectivity index (χ3n) is 2.71. The SMILES string of the molecule is COC1(C(=O)c2cccs2)CCC1. The summed E-state index contributed by atoms with van der Waals surface area (Å²) in [6.45, 7) is 0. The van der Waals surface area contributed by atoms with Crippen LogP contribution in [-0.4, -0.2) is 18.5 Å². The number of methoxy groups -OCH3 is 1. The third-order valence-corrected chi connectivity index (χ3v) is 3.58. The van der Waals surface area contributed by atoms with Gasteiger partial charge in [0, 0.05) is 7.11 Å². The van der Waals surface area contributed by atoms with E-state index in [1.807, 2.05) is 17.5 Å². The predicted octanol–water partition coefficient (Wildman–Crippen LogP) is 2.50. The normalized spacial score (nSPS) is 19.5. The minimum atomic E-state index is -0.481. The maximum atomic E-state index is 11.9. The van der Waals surface area contributed by atoms with Crippen molar-refractivity contribution in [3.63, 3.8) is 0 Å². The molecule has 1 saturated carbocycles. The summed E-state index contributed by atoms with van der Waals surface area (Å²) in [5.41, 5.74) is -0.481. The van der Waals surface area contributed by atoms with Crippen LogP contribution in [0.15, 0.2) is 17.5 Å². The van der Waals surface area contributed by atoms with E-state index in [9.17, 15) is 4.79 Å². The average Bonchev–Trinajstić information content (AvgIpc) is 2.54. The van der Waals surface area contributed by atoms with Crippen LogP contribution in [-0.2, 0) is 4.74 Å². The Bertz CT molecular complexity index is 293. The van der Waals surface area contributed by atoms with E-state index in [0.717, 1.165) is 24.1 Å². The van der Waals surface area contributed by atoms with Gasteiger partial charge in [-0.25, -0.2) is 0 Å². The number of rotatable bonds is 3. The topological polar surface area (TPSA) is 26.3 Å². The quantitative estimate of drug-likeness (QED) is 0.694. The summed E-state index contributed by atoms with van der Waals surface area (Å²) in [7, 11) is 1.63. The van der Waals surface area contributed by atoms with Crippen LogP contribution in [0, 0.1) is 0 Å². The first-order chi connectivity index (χ1) is 6.28. The molecule has 0 atom stereocenters. The fourth-order valence-corrected chi connectivity index (χ4v) is 2.41. The molecule has 3 heteroatoms. The van der Waals surface area contributed by atoms with Crippen LogP contribution >= 0.6 is 11.3 Å². The van der Waals surface area contributed by atoms with Crippen LogP contribution in [0.1, 0.15) is 28.9 Å². The Kier molecular flexibility index (Phi) is 2.22. The van der Waals surface area contributed by atoms with E-state index in [1.54, 1.807) is 7.11 Å². The molecule has 1 heterocycles. The molecule has 2 nitrogen and oxygen atoms in total. The summed E-state index contributed by atoms with van der Waals surface area (Å²) in [6.07, 6.45) is 2.85. The number of hydrogen-bond acceptors (Lipinski definition) is 3. The molecule has 0 radical (unpaired) electrons. The van der Waals surface area contributed by atoms with E-state index in [-0.39, 0.29) is 5.78 Å². The molecule has 1 aromatic rings. The standard InChI is InChI=1S/C10H12O2S/c1-12-10(5-3-6-10)9(11)8-4-2-7-13-8/h2,4,7H,3,5-6H2,1H3. The van der Waals surface area contributed by atoms with Gasteiger partial charge in [-0.2, -0.15) is 0 Å². The number of carbonyl (C=O) groups is 1. The van der Waals surface area contributed by atoms with Crippen molar-refractivity contribution in [3.8, 4) is 0 Å². The van der Waals surface area contributed by atoms with Gasteiger partial charge >= 0.3 is 0 Å². The summed E-state index contributed by atoms with van der Waals surface area (Å²) in [5, 5.41) is 1.93. The molecule has 0 unspecified atom stereocenters. The molecule has 1 aliphatic rings. The number of hydrogen-bond donors (Lipinski definition) is 0. The summed E-state index contributed by atoms with van der Waals surface area (Å²) < 4.78 is 5.32. The van der Waals surface area contributed by atoms with Crippen molar-refractivity contribution < 1.29 is 9.53 Å². The van der Waals surface area contributed by atoms with Gasteiger partial charge in [0.25, 0.3) is 0 Å². The molecular weight excluding hydrogens is 184 g/mol. The van der Waals surface area contributed by atoms with Gasteiger partial charge in [-0.3, -0.25) is 4.79 Å². The molecular formula is C10H12O2S. The van der Waals surface area contributed by atoms with Gasteiger partial charge in [0.05, 0.1) is 4.88 Å². The Balaban J connectivity index is 2.21. The zero-order valence-electron chi connectivity index (χ0n) is 7.58. The van der Waals surface area contributed by atoms with Crippen LogP contribution in [0.4, 0.5) is 0 Å². The van der Waals surface area contributed by atoms with Gasteiger partial charge in [-0.1, -0.05) is 6.07 Å². The molecule has 0 bridgehead atoms. The van der Waals surface area contributed by atoms with E-state index in [4.69, 9.17) is 4.74 Å². The van der Waals surface area contributed by atoms with Crippen molar-refractivity contribution in [1.82, 2.24) is 0 Å². The van der Waals surface area contributed by atoms with Crippen molar-refractivity contribution in [2.45, 2.75) is 24.9 Å². The average molecular weight is 196 g/mol. The molecule has 13 heavy (non-hydrogen) atoms. The Hall–Kier alpha value is -0.670. The molecule has 1 aromatic heterocycles.